The van der Waals surface area contributed by atoms with Gasteiger partial charge in [-0.1, -0.05) is 30.3 Å². The average molecular weight is 561 g/mol. The highest BCUT2D eigenvalue weighted by molar-refractivity contribution is 14.0. The summed E-state index contributed by atoms with van der Waals surface area (Å²) in [5, 5.41) is 3.45. The number of benzene rings is 1. The van der Waals surface area contributed by atoms with Gasteiger partial charge in [-0.15, -0.1) is 24.0 Å². The summed E-state index contributed by atoms with van der Waals surface area (Å²) in [6.07, 6.45) is 3.97. The van der Waals surface area contributed by atoms with Crippen LogP contribution in [0.5, 0.6) is 0 Å². The van der Waals surface area contributed by atoms with Crippen molar-refractivity contribution in [1.29, 1.82) is 0 Å². The van der Waals surface area contributed by atoms with Gasteiger partial charge in [0.2, 0.25) is 0 Å². The summed E-state index contributed by atoms with van der Waals surface area (Å²) in [7, 11) is 3.80. The zero-order valence-corrected chi connectivity index (χ0v) is 21.7. The Morgan fingerprint density at radius 2 is 2.09 bits per heavy atom. The molecule has 4 rings (SSSR count). The number of halogens is 1. The van der Waals surface area contributed by atoms with Crippen LogP contribution >= 0.6 is 24.0 Å². The molecule has 8 nitrogen and oxygen atoms in total. The van der Waals surface area contributed by atoms with Gasteiger partial charge in [-0.2, -0.15) is 0 Å². The van der Waals surface area contributed by atoms with Gasteiger partial charge in [0, 0.05) is 39.9 Å². The highest BCUT2D eigenvalue weighted by Crippen LogP contribution is 2.18. The Balaban J connectivity index is 0.00000306. The second kappa shape index (κ2) is 12.0. The molecule has 1 saturated heterocycles. The predicted octanol–water partition coefficient (Wildman–Crippen LogP) is 3.52. The SMILES string of the molecule is CN=C(NCc1ccnc(N2CCOC(C)C2)c1)N(C)Cc1ncc(-c2ccccc2)[nH]1.I. The van der Waals surface area contributed by atoms with E-state index in [0.29, 0.717) is 13.1 Å². The Kier molecular flexibility index (Phi) is 9.07. The number of hydrogen-bond donors (Lipinski definition) is 2. The number of aromatic amines is 1. The van der Waals surface area contributed by atoms with Crippen molar-refractivity contribution in [1.82, 2.24) is 25.2 Å². The van der Waals surface area contributed by atoms with Gasteiger partial charge in [0.05, 0.1) is 31.1 Å². The highest BCUT2D eigenvalue weighted by Gasteiger charge is 2.18. The number of hydrogen-bond acceptors (Lipinski definition) is 5. The van der Waals surface area contributed by atoms with Crippen molar-refractivity contribution in [3.05, 3.63) is 66.2 Å². The molecule has 33 heavy (non-hydrogen) atoms. The van der Waals surface area contributed by atoms with Crippen LogP contribution in [-0.4, -0.2) is 65.7 Å². The molecule has 0 spiro atoms. The number of nitrogens with zero attached hydrogens (tertiary/aromatic N) is 5. The summed E-state index contributed by atoms with van der Waals surface area (Å²) in [5.74, 6) is 2.69. The lowest BCUT2D eigenvalue weighted by molar-refractivity contribution is 0.0529. The van der Waals surface area contributed by atoms with Crippen molar-refractivity contribution in [3.63, 3.8) is 0 Å². The molecule has 2 aromatic heterocycles. The van der Waals surface area contributed by atoms with Gasteiger partial charge in [-0.3, -0.25) is 4.99 Å². The van der Waals surface area contributed by atoms with E-state index in [1.54, 1.807) is 7.05 Å². The van der Waals surface area contributed by atoms with Crippen molar-refractivity contribution < 1.29 is 4.74 Å². The lowest BCUT2D eigenvalue weighted by atomic mass is 10.2. The molecule has 1 fully saturated rings. The van der Waals surface area contributed by atoms with E-state index in [1.165, 1.54) is 0 Å². The standard InChI is InChI=1S/C24H31N7O.HI/c1-18-16-31(11-12-32-18)23-13-19(9-10-26-23)14-28-24(25-2)30(3)17-22-27-15-21(29-22)20-7-5-4-6-8-20;/h4-10,13,15,18H,11-12,14,16-17H2,1-3H3,(H,25,28)(H,27,29);1H. The van der Waals surface area contributed by atoms with Crippen molar-refractivity contribution in [2.45, 2.75) is 26.1 Å². The number of guanidine groups is 1. The van der Waals surface area contributed by atoms with E-state index >= 15 is 0 Å². The van der Waals surface area contributed by atoms with Gasteiger partial charge in [-0.25, -0.2) is 9.97 Å². The summed E-state index contributed by atoms with van der Waals surface area (Å²) in [5.41, 5.74) is 3.30. The Bertz CT molecular complexity index is 1040. The summed E-state index contributed by atoms with van der Waals surface area (Å²) < 4.78 is 5.64. The molecule has 0 saturated carbocycles. The van der Waals surface area contributed by atoms with Gasteiger partial charge in [0.15, 0.2) is 5.96 Å². The first-order chi connectivity index (χ1) is 15.6. The zero-order chi connectivity index (χ0) is 22.3. The zero-order valence-electron chi connectivity index (χ0n) is 19.4. The first-order valence-electron chi connectivity index (χ1n) is 10.9. The number of anilines is 1. The minimum absolute atomic E-state index is 0. The number of rotatable bonds is 6. The smallest absolute Gasteiger partial charge is 0.194 e. The highest BCUT2D eigenvalue weighted by atomic mass is 127. The van der Waals surface area contributed by atoms with E-state index < -0.39 is 0 Å². The van der Waals surface area contributed by atoms with Crippen LogP contribution < -0.4 is 10.2 Å². The minimum atomic E-state index is 0. The number of morpholine rings is 1. The molecule has 1 aromatic carbocycles. The molecule has 0 bridgehead atoms. The number of pyridine rings is 1. The minimum Gasteiger partial charge on any atom is -0.375 e. The maximum absolute atomic E-state index is 5.64. The number of H-pyrrole nitrogens is 1. The van der Waals surface area contributed by atoms with E-state index in [-0.39, 0.29) is 30.1 Å². The van der Waals surface area contributed by atoms with Gasteiger partial charge in [0.25, 0.3) is 0 Å². The van der Waals surface area contributed by atoms with Gasteiger partial charge < -0.3 is 24.8 Å². The lowest BCUT2D eigenvalue weighted by Gasteiger charge is -2.32. The normalized spacial score (nSPS) is 16.3. The van der Waals surface area contributed by atoms with Crippen LogP contribution in [0.25, 0.3) is 11.3 Å². The second-order valence-electron chi connectivity index (χ2n) is 8.02. The summed E-state index contributed by atoms with van der Waals surface area (Å²) >= 11 is 0. The molecule has 1 aliphatic rings. The molecule has 1 atom stereocenters. The van der Waals surface area contributed by atoms with Crippen LogP contribution in [0.1, 0.15) is 18.3 Å². The molecule has 3 aromatic rings. The number of nitrogens with one attached hydrogen (secondary N) is 2. The molecule has 3 heterocycles. The van der Waals surface area contributed by atoms with Crippen molar-refractivity contribution in [2.24, 2.45) is 4.99 Å². The Morgan fingerprint density at radius 3 is 2.85 bits per heavy atom. The third kappa shape index (κ3) is 6.67. The number of imidazole rings is 1. The Labute approximate surface area is 212 Å². The molecule has 1 aliphatic heterocycles. The number of aliphatic imine (C=N–C) groups is 1. The molecule has 9 heteroatoms. The van der Waals surface area contributed by atoms with Crippen molar-refractivity contribution in [3.8, 4) is 11.3 Å². The first kappa shape index (κ1) is 25.0. The van der Waals surface area contributed by atoms with Crippen LogP contribution in [0.4, 0.5) is 5.82 Å². The van der Waals surface area contributed by atoms with E-state index in [1.807, 2.05) is 43.7 Å². The maximum atomic E-state index is 5.64. The van der Waals surface area contributed by atoms with Crippen LogP contribution in [-0.2, 0) is 17.8 Å². The van der Waals surface area contributed by atoms with E-state index in [2.05, 4.69) is 60.2 Å². The molecular weight excluding hydrogens is 529 g/mol. The number of ether oxygens (including phenoxy) is 1. The monoisotopic (exact) mass is 561 g/mol. The van der Waals surface area contributed by atoms with E-state index in [0.717, 1.165) is 54.1 Å². The third-order valence-electron chi connectivity index (χ3n) is 5.50. The Hall–Kier alpha value is -2.66. The average Bonchev–Trinajstić information content (AvgIpc) is 3.29. The molecule has 2 N–H and O–H groups in total. The van der Waals surface area contributed by atoms with Crippen LogP contribution in [0.2, 0.25) is 0 Å². The summed E-state index contributed by atoms with van der Waals surface area (Å²) in [6, 6.07) is 14.4. The predicted molar refractivity (Wildman–Crippen MR) is 143 cm³/mol. The molecule has 0 radical (unpaired) electrons. The van der Waals surface area contributed by atoms with E-state index in [4.69, 9.17) is 4.74 Å². The largest absolute Gasteiger partial charge is 0.375 e. The molecule has 0 amide bonds. The van der Waals surface area contributed by atoms with Crippen LogP contribution in [0.3, 0.4) is 0 Å². The fourth-order valence-electron chi connectivity index (χ4n) is 3.84. The van der Waals surface area contributed by atoms with Gasteiger partial charge in [0.1, 0.15) is 11.6 Å². The first-order valence-corrected chi connectivity index (χ1v) is 10.9. The summed E-state index contributed by atoms with van der Waals surface area (Å²) in [6.45, 7) is 5.86. The molecule has 0 aliphatic carbocycles. The molecular formula is C24H32IN7O. The fraction of sp³-hybridized carbons (Fsp3) is 0.375. The Morgan fingerprint density at radius 1 is 1.27 bits per heavy atom. The topological polar surface area (TPSA) is 81.7 Å². The molecule has 1 unspecified atom stereocenters. The number of aromatic nitrogens is 3. The van der Waals surface area contributed by atoms with Gasteiger partial charge >= 0.3 is 0 Å². The van der Waals surface area contributed by atoms with Crippen molar-refractivity contribution >= 4 is 35.8 Å². The quantitative estimate of drug-likeness (QED) is 0.273. The summed E-state index contributed by atoms with van der Waals surface area (Å²) in [4.78, 5) is 21.3. The van der Waals surface area contributed by atoms with Crippen molar-refractivity contribution in [2.75, 3.05) is 38.7 Å². The fourth-order valence-corrected chi connectivity index (χ4v) is 3.84. The second-order valence-corrected chi connectivity index (χ2v) is 8.02. The lowest BCUT2D eigenvalue weighted by Crippen LogP contribution is -2.41. The van der Waals surface area contributed by atoms with Crippen LogP contribution in [0, 0.1) is 0 Å². The molecule has 176 valence electrons. The van der Waals surface area contributed by atoms with Crippen LogP contribution in [0.15, 0.2) is 59.9 Å². The maximum Gasteiger partial charge on any atom is 0.194 e. The van der Waals surface area contributed by atoms with Gasteiger partial charge in [-0.05, 0) is 30.2 Å². The van der Waals surface area contributed by atoms with E-state index in [9.17, 15) is 0 Å². The third-order valence-corrected chi connectivity index (χ3v) is 5.50.